The van der Waals surface area contributed by atoms with Crippen molar-refractivity contribution in [2.45, 2.75) is 19.6 Å². The van der Waals surface area contributed by atoms with Crippen LogP contribution in [0.3, 0.4) is 0 Å². The molecule has 1 amide bonds. The zero-order valence-corrected chi connectivity index (χ0v) is 15.4. The molecule has 2 heterocycles. The predicted molar refractivity (Wildman–Crippen MR) is 99.6 cm³/mol. The summed E-state index contributed by atoms with van der Waals surface area (Å²) in [6.45, 7) is 1.17. The van der Waals surface area contributed by atoms with Crippen LogP contribution in [0.4, 0.5) is 21.0 Å². The van der Waals surface area contributed by atoms with Gasteiger partial charge in [0.2, 0.25) is 17.5 Å². The van der Waals surface area contributed by atoms with E-state index in [-0.39, 0.29) is 33.9 Å². The molecule has 0 aliphatic rings. The van der Waals surface area contributed by atoms with Crippen molar-refractivity contribution >= 4 is 39.7 Å². The highest BCUT2D eigenvalue weighted by Crippen LogP contribution is 2.36. The molecule has 0 radical (unpaired) electrons. The lowest BCUT2D eigenvalue weighted by Crippen LogP contribution is -2.39. The number of aliphatic hydroxyl groups excluding tert-OH is 1. The third-order valence-corrected chi connectivity index (χ3v) is 4.97. The van der Waals surface area contributed by atoms with Gasteiger partial charge in [-0.05, 0) is 31.2 Å². The first-order chi connectivity index (χ1) is 13.3. The van der Waals surface area contributed by atoms with Crippen LogP contribution in [0.15, 0.2) is 34.9 Å². The Morgan fingerprint density at radius 3 is 2.61 bits per heavy atom. The Hall–Kier alpha value is -3.31. The summed E-state index contributed by atoms with van der Waals surface area (Å²) in [6.07, 6.45) is 0. The van der Waals surface area contributed by atoms with Crippen molar-refractivity contribution in [1.82, 2.24) is 10.1 Å². The van der Waals surface area contributed by atoms with E-state index in [9.17, 15) is 14.0 Å². The largest absolute Gasteiger partial charge is 0.390 e. The van der Waals surface area contributed by atoms with Gasteiger partial charge in [0.15, 0.2) is 5.13 Å². The third-order valence-electron chi connectivity index (χ3n) is 3.90. The van der Waals surface area contributed by atoms with Crippen LogP contribution in [0.1, 0.15) is 28.0 Å². The van der Waals surface area contributed by atoms with Crippen LogP contribution in [0.2, 0.25) is 0 Å². The lowest BCUT2D eigenvalue weighted by atomic mass is 10.2. The van der Waals surface area contributed by atoms with E-state index >= 15 is 0 Å². The quantitative estimate of drug-likeness (QED) is 0.502. The minimum absolute atomic E-state index is 0.0689. The van der Waals surface area contributed by atoms with Crippen molar-refractivity contribution in [2.24, 2.45) is 5.73 Å². The Bertz CT molecular complexity index is 1020. The van der Waals surface area contributed by atoms with E-state index in [1.165, 1.54) is 35.2 Å². The number of rotatable bonds is 7. The van der Waals surface area contributed by atoms with Crippen molar-refractivity contribution < 1.29 is 23.6 Å². The summed E-state index contributed by atoms with van der Waals surface area (Å²) in [4.78, 5) is 30.1. The number of hydrogen-bond donors (Lipinski definition) is 3. The number of anilines is 3. The number of nitrogens with two attached hydrogens (primary N) is 2. The van der Waals surface area contributed by atoms with Gasteiger partial charge < -0.3 is 26.0 Å². The number of carbonyl (C=O) groups excluding carboxylic acids is 2. The molecule has 3 rings (SSSR count). The van der Waals surface area contributed by atoms with E-state index in [1.54, 1.807) is 6.92 Å². The fraction of sp³-hybridized carbons (Fsp3) is 0.176. The zero-order chi connectivity index (χ0) is 20.4. The molecule has 0 fully saturated rings. The highest BCUT2D eigenvalue weighted by Gasteiger charge is 2.28. The molecule has 1 atom stereocenters. The first kappa shape index (κ1) is 19.5. The second-order valence-corrected chi connectivity index (χ2v) is 6.78. The molecule has 0 aliphatic carbocycles. The molecule has 0 bridgehead atoms. The Labute approximate surface area is 162 Å². The van der Waals surface area contributed by atoms with E-state index in [1.807, 2.05) is 0 Å². The smallest absolute Gasteiger partial charge is 0.244 e. The van der Waals surface area contributed by atoms with Gasteiger partial charge in [0.25, 0.3) is 0 Å². The molecule has 3 aromatic rings. The van der Waals surface area contributed by atoms with Crippen molar-refractivity contribution in [1.29, 1.82) is 0 Å². The van der Waals surface area contributed by atoms with Crippen LogP contribution in [0.25, 0.3) is 0 Å². The van der Waals surface area contributed by atoms with Crippen molar-refractivity contribution in [3.8, 4) is 0 Å². The number of aromatic nitrogens is 2. The maximum absolute atomic E-state index is 13.3. The van der Waals surface area contributed by atoms with Gasteiger partial charge in [0, 0.05) is 11.8 Å². The second kappa shape index (κ2) is 7.74. The molecule has 9 nitrogen and oxygen atoms in total. The molecule has 1 aromatic carbocycles. The standard InChI is InChI=1S/C17H16FN5O4S/c1-8(16(20)26)23(11-4-2-9(18)3-5-11)17-21-15(19)14(28-17)13(25)12-6-10(7-24)22-27-12/h2-6,8,24H,7,19H2,1H3,(H2,20,26). The highest BCUT2D eigenvalue weighted by atomic mass is 32.1. The van der Waals surface area contributed by atoms with Gasteiger partial charge >= 0.3 is 0 Å². The molecule has 0 aliphatic heterocycles. The molecule has 146 valence electrons. The summed E-state index contributed by atoms with van der Waals surface area (Å²) in [5.41, 5.74) is 12.0. The summed E-state index contributed by atoms with van der Waals surface area (Å²) in [5, 5.41) is 12.8. The van der Waals surface area contributed by atoms with Crippen LogP contribution in [-0.4, -0.2) is 33.0 Å². The average Bonchev–Trinajstić information content (AvgIpc) is 3.29. The van der Waals surface area contributed by atoms with Gasteiger partial charge in [-0.1, -0.05) is 16.5 Å². The number of amides is 1. The number of nitrogens with zero attached hydrogens (tertiary/aromatic N) is 3. The summed E-state index contributed by atoms with van der Waals surface area (Å²) < 4.78 is 18.2. The van der Waals surface area contributed by atoms with E-state index in [4.69, 9.17) is 21.1 Å². The van der Waals surface area contributed by atoms with E-state index < -0.39 is 23.5 Å². The summed E-state index contributed by atoms with van der Waals surface area (Å²) in [6, 6.07) is 5.82. The Morgan fingerprint density at radius 1 is 1.36 bits per heavy atom. The van der Waals surface area contributed by atoms with Crippen molar-refractivity contribution in [2.75, 3.05) is 10.6 Å². The first-order valence-electron chi connectivity index (χ1n) is 8.03. The van der Waals surface area contributed by atoms with E-state index in [0.29, 0.717) is 5.69 Å². The van der Waals surface area contributed by atoms with Crippen molar-refractivity contribution in [3.05, 3.63) is 52.5 Å². The Balaban J connectivity index is 2.02. The van der Waals surface area contributed by atoms with Crippen LogP contribution >= 0.6 is 11.3 Å². The number of aliphatic hydroxyl groups is 1. The third kappa shape index (κ3) is 3.70. The monoisotopic (exact) mass is 405 g/mol. The van der Waals surface area contributed by atoms with Crippen LogP contribution in [0, 0.1) is 5.82 Å². The Kier molecular flexibility index (Phi) is 5.38. The predicted octanol–water partition coefficient (Wildman–Crippen LogP) is 1.59. The van der Waals surface area contributed by atoms with Gasteiger partial charge in [-0.2, -0.15) is 0 Å². The maximum Gasteiger partial charge on any atom is 0.244 e. The molecule has 1 unspecified atom stereocenters. The van der Waals surface area contributed by atoms with E-state index in [2.05, 4.69) is 10.1 Å². The zero-order valence-electron chi connectivity index (χ0n) is 14.6. The SMILES string of the molecule is CC(C(N)=O)N(c1ccc(F)cc1)c1nc(N)c(C(=O)c2cc(CO)no2)s1. The van der Waals surface area contributed by atoms with Crippen LogP contribution < -0.4 is 16.4 Å². The summed E-state index contributed by atoms with van der Waals surface area (Å²) in [5.74, 6) is -1.85. The normalized spacial score (nSPS) is 12.0. The first-order valence-corrected chi connectivity index (χ1v) is 8.85. The topological polar surface area (TPSA) is 149 Å². The molecular weight excluding hydrogens is 389 g/mol. The number of ketones is 1. The van der Waals surface area contributed by atoms with Crippen LogP contribution in [-0.2, 0) is 11.4 Å². The molecule has 2 aromatic heterocycles. The van der Waals surface area contributed by atoms with Gasteiger partial charge in [-0.3, -0.25) is 9.59 Å². The number of primary amides is 1. The molecule has 0 saturated heterocycles. The lowest BCUT2D eigenvalue weighted by molar-refractivity contribution is -0.118. The van der Waals surface area contributed by atoms with Crippen molar-refractivity contribution in [3.63, 3.8) is 0 Å². The number of halogens is 1. The molecular formula is C17H16FN5O4S. The Morgan fingerprint density at radius 2 is 2.04 bits per heavy atom. The minimum Gasteiger partial charge on any atom is -0.390 e. The summed E-state index contributed by atoms with van der Waals surface area (Å²) >= 11 is 0.921. The van der Waals surface area contributed by atoms with E-state index in [0.717, 1.165) is 11.3 Å². The van der Waals surface area contributed by atoms with Gasteiger partial charge in [-0.25, -0.2) is 9.37 Å². The number of hydrogen-bond acceptors (Lipinski definition) is 9. The molecule has 0 spiro atoms. The molecule has 11 heteroatoms. The number of benzene rings is 1. The number of thiazole rings is 1. The fourth-order valence-electron chi connectivity index (χ4n) is 2.42. The molecule has 5 N–H and O–H groups in total. The fourth-order valence-corrected chi connectivity index (χ4v) is 3.45. The highest BCUT2D eigenvalue weighted by molar-refractivity contribution is 7.18. The van der Waals surface area contributed by atoms with Crippen LogP contribution in [0.5, 0.6) is 0 Å². The molecule has 28 heavy (non-hydrogen) atoms. The second-order valence-electron chi connectivity index (χ2n) is 5.81. The van der Waals surface area contributed by atoms with Gasteiger partial charge in [0.1, 0.15) is 28.2 Å². The molecule has 0 saturated carbocycles. The average molecular weight is 405 g/mol. The lowest BCUT2D eigenvalue weighted by Gasteiger charge is -2.26. The summed E-state index contributed by atoms with van der Waals surface area (Å²) in [7, 11) is 0. The van der Waals surface area contributed by atoms with Gasteiger partial charge in [0.05, 0.1) is 6.61 Å². The maximum atomic E-state index is 13.3. The number of carbonyl (C=O) groups is 2. The number of nitrogen functional groups attached to an aromatic ring is 1. The van der Waals surface area contributed by atoms with Gasteiger partial charge in [-0.15, -0.1) is 0 Å². The minimum atomic E-state index is -0.842.